The molecule has 0 bridgehead atoms. The molecule has 2 heterocycles. The monoisotopic (exact) mass is 286 g/mol. The molecule has 0 amide bonds. The van der Waals surface area contributed by atoms with Crippen LogP contribution in [0.25, 0.3) is 0 Å². The van der Waals surface area contributed by atoms with Crippen molar-refractivity contribution < 1.29 is 8.42 Å². The van der Waals surface area contributed by atoms with Crippen LogP contribution in [0.15, 0.2) is 0 Å². The Hall–Kier alpha value is -0.920. The van der Waals surface area contributed by atoms with Crippen molar-refractivity contribution in [1.82, 2.24) is 18.8 Å². The van der Waals surface area contributed by atoms with Gasteiger partial charge in [0.2, 0.25) is 0 Å². The van der Waals surface area contributed by atoms with Crippen LogP contribution in [-0.2, 0) is 17.3 Å². The molecule has 0 spiro atoms. The topological polar surface area (TPSA) is 67.2 Å². The molecule has 1 N–H and O–H groups in total. The van der Waals surface area contributed by atoms with Gasteiger partial charge in [-0.1, -0.05) is 0 Å². The van der Waals surface area contributed by atoms with Gasteiger partial charge < -0.3 is 0 Å². The van der Waals surface area contributed by atoms with Gasteiger partial charge >= 0.3 is 0 Å². The summed E-state index contributed by atoms with van der Waals surface area (Å²) in [6, 6.07) is -0.265. The zero-order chi connectivity index (χ0) is 14.2. The number of hydrogen-bond acceptors (Lipinski definition) is 3. The summed E-state index contributed by atoms with van der Waals surface area (Å²) in [7, 11) is -1.52. The van der Waals surface area contributed by atoms with E-state index in [1.54, 1.807) is 4.68 Å². The SMILES string of the molecule is Cc1nn(C)c(C)c1C(C)NS(=O)(=O)N1CCCC1. The van der Waals surface area contributed by atoms with E-state index < -0.39 is 10.2 Å². The van der Waals surface area contributed by atoms with E-state index in [-0.39, 0.29) is 6.04 Å². The van der Waals surface area contributed by atoms with Crippen LogP contribution in [0.4, 0.5) is 0 Å². The predicted molar refractivity (Wildman–Crippen MR) is 74.0 cm³/mol. The van der Waals surface area contributed by atoms with Crippen LogP contribution in [0.3, 0.4) is 0 Å². The summed E-state index contributed by atoms with van der Waals surface area (Å²) in [5.41, 5.74) is 2.83. The van der Waals surface area contributed by atoms with Crippen LogP contribution in [0.2, 0.25) is 0 Å². The fourth-order valence-electron chi connectivity index (χ4n) is 2.70. The first-order chi connectivity index (χ1) is 8.83. The molecule has 0 saturated carbocycles. The molecule has 1 aromatic rings. The van der Waals surface area contributed by atoms with E-state index in [1.807, 2.05) is 27.8 Å². The highest BCUT2D eigenvalue weighted by molar-refractivity contribution is 7.87. The number of nitrogens with zero attached hydrogens (tertiary/aromatic N) is 3. The van der Waals surface area contributed by atoms with Crippen LogP contribution >= 0.6 is 0 Å². The number of aromatic nitrogens is 2. The van der Waals surface area contributed by atoms with Crippen LogP contribution in [0.5, 0.6) is 0 Å². The average Bonchev–Trinajstić information content (AvgIpc) is 2.88. The molecule has 1 aromatic heterocycles. The highest BCUT2D eigenvalue weighted by Crippen LogP contribution is 2.22. The lowest BCUT2D eigenvalue weighted by atomic mass is 10.1. The van der Waals surface area contributed by atoms with Gasteiger partial charge in [-0.2, -0.15) is 22.5 Å². The third kappa shape index (κ3) is 2.82. The van der Waals surface area contributed by atoms with E-state index in [2.05, 4.69) is 9.82 Å². The van der Waals surface area contributed by atoms with E-state index >= 15 is 0 Å². The van der Waals surface area contributed by atoms with Gasteiger partial charge in [0.1, 0.15) is 0 Å². The molecule has 0 radical (unpaired) electrons. The maximum absolute atomic E-state index is 12.2. The minimum Gasteiger partial charge on any atom is -0.272 e. The molecule has 1 atom stereocenters. The lowest BCUT2D eigenvalue weighted by Gasteiger charge is -2.20. The summed E-state index contributed by atoms with van der Waals surface area (Å²) in [4.78, 5) is 0. The van der Waals surface area contributed by atoms with Crippen molar-refractivity contribution in [1.29, 1.82) is 0 Å². The number of rotatable bonds is 4. The quantitative estimate of drug-likeness (QED) is 0.899. The molecule has 0 aliphatic carbocycles. The number of aryl methyl sites for hydroxylation is 2. The molecule has 1 unspecified atom stereocenters. The van der Waals surface area contributed by atoms with Crippen molar-refractivity contribution in [2.75, 3.05) is 13.1 Å². The van der Waals surface area contributed by atoms with Gasteiger partial charge in [-0.3, -0.25) is 4.68 Å². The number of hydrogen-bond donors (Lipinski definition) is 1. The largest absolute Gasteiger partial charge is 0.279 e. The second kappa shape index (κ2) is 5.22. The molecule has 7 heteroatoms. The Morgan fingerprint density at radius 3 is 2.32 bits per heavy atom. The third-order valence-corrected chi connectivity index (χ3v) is 5.43. The summed E-state index contributed by atoms with van der Waals surface area (Å²) in [6.45, 7) is 6.96. The van der Waals surface area contributed by atoms with Crippen molar-refractivity contribution in [2.45, 2.75) is 39.7 Å². The smallest absolute Gasteiger partial charge is 0.272 e. The molecule has 0 aromatic carbocycles. The highest BCUT2D eigenvalue weighted by atomic mass is 32.2. The van der Waals surface area contributed by atoms with E-state index in [0.29, 0.717) is 13.1 Å². The first-order valence-electron chi connectivity index (χ1n) is 6.60. The fourth-order valence-corrected chi connectivity index (χ4v) is 4.15. The van der Waals surface area contributed by atoms with E-state index in [0.717, 1.165) is 29.8 Å². The van der Waals surface area contributed by atoms with Crippen LogP contribution in [-0.4, -0.2) is 35.6 Å². The normalized spacial score (nSPS) is 18.9. The maximum Gasteiger partial charge on any atom is 0.279 e. The fraction of sp³-hybridized carbons (Fsp3) is 0.750. The standard InChI is InChI=1S/C12H22N4O2S/c1-9-12(11(3)15(4)13-9)10(2)14-19(17,18)16-7-5-6-8-16/h10,14H,5-8H2,1-4H3. The molecule has 1 saturated heterocycles. The Bertz CT molecular complexity index is 559. The van der Waals surface area contributed by atoms with Gasteiger partial charge in [0.25, 0.3) is 10.2 Å². The first kappa shape index (κ1) is 14.5. The van der Waals surface area contributed by atoms with E-state index in [1.165, 1.54) is 4.31 Å². The summed E-state index contributed by atoms with van der Waals surface area (Å²) in [5, 5.41) is 4.33. The minimum absolute atomic E-state index is 0.265. The Kier molecular flexibility index (Phi) is 3.98. The van der Waals surface area contributed by atoms with Gasteiger partial charge in [-0.25, -0.2) is 0 Å². The highest BCUT2D eigenvalue weighted by Gasteiger charge is 2.28. The Labute approximate surface area is 115 Å². The van der Waals surface area contributed by atoms with Crippen molar-refractivity contribution in [3.05, 3.63) is 17.0 Å². The summed E-state index contributed by atoms with van der Waals surface area (Å²) < 4.78 is 30.5. The van der Waals surface area contributed by atoms with Gasteiger partial charge in [0, 0.05) is 37.4 Å². The molecule has 6 nitrogen and oxygen atoms in total. The minimum atomic E-state index is -3.39. The molecular weight excluding hydrogens is 264 g/mol. The van der Waals surface area contributed by atoms with E-state index in [4.69, 9.17) is 0 Å². The van der Waals surface area contributed by atoms with Crippen molar-refractivity contribution in [3.63, 3.8) is 0 Å². The molecule has 2 rings (SSSR count). The molecule has 1 fully saturated rings. The number of nitrogens with one attached hydrogen (secondary N) is 1. The molecular formula is C12H22N4O2S. The molecule has 1 aliphatic heterocycles. The van der Waals surface area contributed by atoms with Crippen molar-refractivity contribution >= 4 is 10.2 Å². The lowest BCUT2D eigenvalue weighted by Crippen LogP contribution is -2.40. The summed E-state index contributed by atoms with van der Waals surface area (Å²) in [6.07, 6.45) is 1.89. The molecule has 19 heavy (non-hydrogen) atoms. The maximum atomic E-state index is 12.2. The molecule has 108 valence electrons. The van der Waals surface area contributed by atoms with E-state index in [9.17, 15) is 8.42 Å². The molecule has 1 aliphatic rings. The van der Waals surface area contributed by atoms with Crippen molar-refractivity contribution in [3.8, 4) is 0 Å². The summed E-state index contributed by atoms with van der Waals surface area (Å²) >= 11 is 0. The van der Waals surface area contributed by atoms with Crippen LogP contribution < -0.4 is 4.72 Å². The van der Waals surface area contributed by atoms with Gasteiger partial charge in [-0.15, -0.1) is 0 Å². The Morgan fingerprint density at radius 2 is 1.84 bits per heavy atom. The second-order valence-corrected chi connectivity index (χ2v) is 6.86. The third-order valence-electron chi connectivity index (χ3n) is 3.73. The zero-order valence-electron chi connectivity index (χ0n) is 12.0. The van der Waals surface area contributed by atoms with Crippen LogP contribution in [0, 0.1) is 13.8 Å². The van der Waals surface area contributed by atoms with Gasteiger partial charge in [0.05, 0.1) is 5.69 Å². The second-order valence-electron chi connectivity index (χ2n) is 5.16. The Morgan fingerprint density at radius 1 is 1.26 bits per heavy atom. The first-order valence-corrected chi connectivity index (χ1v) is 8.04. The Balaban J connectivity index is 2.18. The van der Waals surface area contributed by atoms with Gasteiger partial charge in [0.15, 0.2) is 0 Å². The predicted octanol–water partition coefficient (Wildman–Crippen LogP) is 1.03. The van der Waals surface area contributed by atoms with Crippen molar-refractivity contribution in [2.24, 2.45) is 7.05 Å². The average molecular weight is 286 g/mol. The van der Waals surface area contributed by atoms with Gasteiger partial charge in [-0.05, 0) is 33.6 Å². The zero-order valence-corrected chi connectivity index (χ0v) is 12.8. The lowest BCUT2D eigenvalue weighted by molar-refractivity contribution is 0.456. The van der Waals surface area contributed by atoms with Crippen LogP contribution in [0.1, 0.15) is 42.8 Å². The summed E-state index contributed by atoms with van der Waals surface area (Å²) in [5.74, 6) is 0.